The number of carbonyl (C=O) groups excluding carboxylic acids is 1. The Bertz CT molecular complexity index is 782. The summed E-state index contributed by atoms with van der Waals surface area (Å²) in [4.78, 5) is 11.7. The standard InChI is InChI=1S/C17H22N4O6/c1-18-17(25)10-3-2-4-12(5-10)26-8-11-6-21(20-19-11)13-9-27-14(7-22)16(24)15(13)23/h2-6,13-16,22-24H,7-9H2,1H3,(H,18,25)/t13-,14+,15+,16-/m0/s1. The molecule has 10 heteroatoms. The van der Waals surface area contributed by atoms with E-state index in [1.807, 2.05) is 0 Å². The van der Waals surface area contributed by atoms with Gasteiger partial charge in [0.2, 0.25) is 0 Å². The van der Waals surface area contributed by atoms with E-state index < -0.39 is 24.4 Å². The lowest BCUT2D eigenvalue weighted by Crippen LogP contribution is -2.52. The average Bonchev–Trinajstić information content (AvgIpc) is 3.16. The van der Waals surface area contributed by atoms with E-state index in [4.69, 9.17) is 14.6 Å². The lowest BCUT2D eigenvalue weighted by atomic mass is 9.98. The second-order valence-electron chi connectivity index (χ2n) is 6.19. The zero-order chi connectivity index (χ0) is 19.4. The Morgan fingerprint density at radius 3 is 2.96 bits per heavy atom. The lowest BCUT2D eigenvalue weighted by Gasteiger charge is -2.36. The van der Waals surface area contributed by atoms with Gasteiger partial charge in [-0.05, 0) is 18.2 Å². The van der Waals surface area contributed by atoms with Gasteiger partial charge in [-0.2, -0.15) is 0 Å². The molecular formula is C17H22N4O6. The summed E-state index contributed by atoms with van der Waals surface area (Å²) in [6.45, 7) is -0.180. The summed E-state index contributed by atoms with van der Waals surface area (Å²) in [5.74, 6) is 0.297. The summed E-state index contributed by atoms with van der Waals surface area (Å²) in [5.41, 5.74) is 0.986. The fraction of sp³-hybridized carbons (Fsp3) is 0.471. The van der Waals surface area contributed by atoms with Gasteiger partial charge in [0.05, 0.1) is 19.4 Å². The number of amides is 1. The highest BCUT2D eigenvalue weighted by Gasteiger charge is 2.39. The maximum Gasteiger partial charge on any atom is 0.251 e. The van der Waals surface area contributed by atoms with Gasteiger partial charge in [-0.1, -0.05) is 11.3 Å². The summed E-state index contributed by atoms with van der Waals surface area (Å²) in [7, 11) is 1.55. The van der Waals surface area contributed by atoms with Crippen LogP contribution in [0.3, 0.4) is 0 Å². The van der Waals surface area contributed by atoms with Crippen molar-refractivity contribution in [3.63, 3.8) is 0 Å². The van der Waals surface area contributed by atoms with Crippen molar-refractivity contribution < 1.29 is 29.6 Å². The number of carbonyl (C=O) groups is 1. The van der Waals surface area contributed by atoms with Crippen LogP contribution in [0.25, 0.3) is 0 Å². The van der Waals surface area contributed by atoms with Gasteiger partial charge in [-0.3, -0.25) is 4.79 Å². The van der Waals surface area contributed by atoms with Crippen molar-refractivity contribution in [1.82, 2.24) is 20.3 Å². The molecule has 27 heavy (non-hydrogen) atoms. The quantitative estimate of drug-likeness (QED) is 0.495. The van der Waals surface area contributed by atoms with Gasteiger partial charge >= 0.3 is 0 Å². The number of nitrogens with zero attached hydrogens (tertiary/aromatic N) is 3. The van der Waals surface area contributed by atoms with Crippen LogP contribution in [0.15, 0.2) is 30.5 Å². The van der Waals surface area contributed by atoms with Crippen LogP contribution in [0.1, 0.15) is 22.1 Å². The molecule has 3 rings (SSSR count). The molecule has 0 unspecified atom stereocenters. The van der Waals surface area contributed by atoms with Crippen molar-refractivity contribution in [2.24, 2.45) is 0 Å². The summed E-state index contributed by atoms with van der Waals surface area (Å²) in [6, 6.07) is 6.11. The Labute approximate surface area is 155 Å². The smallest absolute Gasteiger partial charge is 0.251 e. The first-order valence-electron chi connectivity index (χ1n) is 8.47. The van der Waals surface area contributed by atoms with Crippen molar-refractivity contribution in [3.05, 3.63) is 41.7 Å². The van der Waals surface area contributed by atoms with Gasteiger partial charge in [0.15, 0.2) is 0 Å². The predicted molar refractivity (Wildman–Crippen MR) is 92.1 cm³/mol. The van der Waals surface area contributed by atoms with Crippen LogP contribution in [-0.4, -0.2) is 74.8 Å². The van der Waals surface area contributed by atoms with E-state index in [2.05, 4.69) is 15.6 Å². The predicted octanol–water partition coefficient (Wildman–Crippen LogP) is -1.13. The van der Waals surface area contributed by atoms with Gasteiger partial charge in [0.25, 0.3) is 5.91 Å². The zero-order valence-corrected chi connectivity index (χ0v) is 14.7. The number of aromatic nitrogens is 3. The van der Waals surface area contributed by atoms with Gasteiger partial charge < -0.3 is 30.1 Å². The molecule has 0 radical (unpaired) electrons. The number of nitrogens with one attached hydrogen (secondary N) is 1. The molecule has 1 amide bonds. The largest absolute Gasteiger partial charge is 0.487 e. The van der Waals surface area contributed by atoms with Crippen LogP contribution in [0.4, 0.5) is 0 Å². The van der Waals surface area contributed by atoms with Crippen LogP contribution in [0.5, 0.6) is 5.75 Å². The third-order valence-electron chi connectivity index (χ3n) is 4.39. The molecule has 1 aliphatic heterocycles. The third-order valence-corrected chi connectivity index (χ3v) is 4.39. The Balaban J connectivity index is 1.63. The number of rotatable bonds is 6. The Morgan fingerprint density at radius 1 is 1.41 bits per heavy atom. The van der Waals surface area contributed by atoms with Crippen molar-refractivity contribution in [3.8, 4) is 5.75 Å². The first-order valence-corrected chi connectivity index (χ1v) is 8.47. The lowest BCUT2D eigenvalue weighted by molar-refractivity contribution is -0.171. The summed E-state index contributed by atoms with van der Waals surface area (Å²) >= 11 is 0. The molecular weight excluding hydrogens is 356 g/mol. The first kappa shape index (κ1) is 19.2. The van der Waals surface area contributed by atoms with E-state index in [9.17, 15) is 15.0 Å². The summed E-state index contributed by atoms with van der Waals surface area (Å²) < 4.78 is 12.4. The number of hydrogen-bond acceptors (Lipinski definition) is 8. The van der Waals surface area contributed by atoms with Crippen LogP contribution >= 0.6 is 0 Å². The molecule has 0 spiro atoms. The van der Waals surface area contributed by atoms with Crippen LogP contribution in [-0.2, 0) is 11.3 Å². The monoisotopic (exact) mass is 378 g/mol. The molecule has 0 saturated carbocycles. The Morgan fingerprint density at radius 2 is 2.22 bits per heavy atom. The minimum atomic E-state index is -1.22. The zero-order valence-electron chi connectivity index (χ0n) is 14.7. The number of aliphatic hydroxyl groups is 3. The SMILES string of the molecule is CNC(=O)c1cccc(OCc2cn([C@H]3CO[C@H](CO)[C@H](O)[C@@H]3O)nn2)c1. The number of hydrogen-bond donors (Lipinski definition) is 4. The van der Waals surface area contributed by atoms with Crippen molar-refractivity contribution in [1.29, 1.82) is 0 Å². The van der Waals surface area contributed by atoms with Crippen molar-refractivity contribution in [2.45, 2.75) is 31.0 Å². The van der Waals surface area contributed by atoms with E-state index in [-0.39, 0.29) is 25.7 Å². The molecule has 0 aliphatic carbocycles. The molecule has 1 saturated heterocycles. The van der Waals surface area contributed by atoms with Gasteiger partial charge in [-0.15, -0.1) is 5.10 Å². The third kappa shape index (κ3) is 4.25. The molecule has 1 aromatic heterocycles. The molecule has 2 aromatic rings. The van der Waals surface area contributed by atoms with Gasteiger partial charge in [-0.25, -0.2) is 4.68 Å². The van der Waals surface area contributed by atoms with E-state index >= 15 is 0 Å². The van der Waals surface area contributed by atoms with E-state index in [0.717, 1.165) is 0 Å². The second kappa shape index (κ2) is 8.44. The molecule has 0 bridgehead atoms. The normalized spacial score (nSPS) is 25.2. The number of ether oxygens (including phenoxy) is 2. The maximum atomic E-state index is 11.7. The highest BCUT2D eigenvalue weighted by molar-refractivity contribution is 5.94. The second-order valence-corrected chi connectivity index (χ2v) is 6.19. The average molecular weight is 378 g/mol. The molecule has 10 nitrogen and oxygen atoms in total. The van der Waals surface area contributed by atoms with Crippen LogP contribution < -0.4 is 10.1 Å². The van der Waals surface area contributed by atoms with Crippen molar-refractivity contribution in [2.75, 3.05) is 20.3 Å². The summed E-state index contributed by atoms with van der Waals surface area (Å²) in [5, 5.41) is 39.8. The summed E-state index contributed by atoms with van der Waals surface area (Å²) in [6.07, 6.45) is -1.60. The molecule has 1 fully saturated rings. The van der Waals surface area contributed by atoms with Gasteiger partial charge in [0.1, 0.15) is 42.4 Å². The van der Waals surface area contributed by atoms with Crippen LogP contribution in [0.2, 0.25) is 0 Å². The minimum Gasteiger partial charge on any atom is -0.487 e. The topological polar surface area (TPSA) is 139 Å². The molecule has 2 heterocycles. The number of benzene rings is 1. The fourth-order valence-corrected chi connectivity index (χ4v) is 2.83. The van der Waals surface area contributed by atoms with Crippen LogP contribution in [0, 0.1) is 0 Å². The van der Waals surface area contributed by atoms with Gasteiger partial charge in [0, 0.05) is 12.6 Å². The highest BCUT2D eigenvalue weighted by Crippen LogP contribution is 2.24. The molecule has 1 aromatic carbocycles. The van der Waals surface area contributed by atoms with E-state index in [1.165, 1.54) is 4.68 Å². The molecule has 146 valence electrons. The molecule has 4 atom stereocenters. The number of aliphatic hydroxyl groups excluding tert-OH is 3. The first-order chi connectivity index (χ1) is 13.0. The Hall–Kier alpha value is -2.53. The minimum absolute atomic E-state index is 0.0846. The highest BCUT2D eigenvalue weighted by atomic mass is 16.5. The maximum absolute atomic E-state index is 11.7. The van der Waals surface area contributed by atoms with Crippen molar-refractivity contribution >= 4 is 5.91 Å². The molecule has 4 N–H and O–H groups in total. The fourth-order valence-electron chi connectivity index (χ4n) is 2.83. The Kier molecular flexibility index (Phi) is 6.01. The van der Waals surface area contributed by atoms with E-state index in [0.29, 0.717) is 17.0 Å². The van der Waals surface area contributed by atoms with E-state index in [1.54, 1.807) is 37.5 Å². The molecule has 1 aliphatic rings.